The molecule has 1 aromatic rings. The molecule has 0 fully saturated rings. The Morgan fingerprint density at radius 3 is 2.57 bits per heavy atom. The van der Waals surface area contributed by atoms with Crippen LogP contribution in [0.2, 0.25) is 0 Å². The fourth-order valence-corrected chi connectivity index (χ4v) is 2.16. The molecule has 0 spiro atoms. The topological polar surface area (TPSA) is 45.2 Å². The van der Waals surface area contributed by atoms with Crippen LogP contribution in [0.25, 0.3) is 0 Å². The lowest BCUT2D eigenvalue weighted by molar-refractivity contribution is 0.0793. The molecule has 0 aliphatic heterocycles. The van der Waals surface area contributed by atoms with Crippen molar-refractivity contribution in [2.75, 3.05) is 25.5 Å². The van der Waals surface area contributed by atoms with E-state index in [1.54, 1.807) is 4.90 Å². The largest absolute Gasteiger partial charge is 0.370 e. The van der Waals surface area contributed by atoms with Crippen molar-refractivity contribution in [3.05, 3.63) is 23.4 Å². The van der Waals surface area contributed by atoms with Crippen molar-refractivity contribution >= 4 is 11.7 Å². The number of carbonyl (C=O) groups is 1. The molecule has 0 atom stereocenters. The Balaban J connectivity index is 2.92. The summed E-state index contributed by atoms with van der Waals surface area (Å²) >= 11 is 0. The first kappa shape index (κ1) is 17.5. The van der Waals surface area contributed by atoms with Gasteiger partial charge in [-0.1, -0.05) is 33.6 Å². The summed E-state index contributed by atoms with van der Waals surface area (Å²) < 4.78 is 0. The molecule has 0 aromatic carbocycles. The second-order valence-electron chi connectivity index (χ2n) is 5.49. The second-order valence-corrected chi connectivity index (χ2v) is 5.49. The van der Waals surface area contributed by atoms with Gasteiger partial charge in [-0.2, -0.15) is 0 Å². The monoisotopic (exact) mass is 291 g/mol. The maximum Gasteiger partial charge on any atom is 0.253 e. The molecular weight excluding hydrogens is 262 g/mol. The molecule has 4 nitrogen and oxygen atoms in total. The summed E-state index contributed by atoms with van der Waals surface area (Å²) in [4.78, 5) is 18.9. The number of anilines is 1. The minimum atomic E-state index is 0.0859. The number of carbonyl (C=O) groups excluding carboxylic acids is 1. The lowest BCUT2D eigenvalue weighted by Gasteiger charge is -2.18. The van der Waals surface area contributed by atoms with Gasteiger partial charge < -0.3 is 10.2 Å². The van der Waals surface area contributed by atoms with Gasteiger partial charge in [-0.3, -0.25) is 4.79 Å². The van der Waals surface area contributed by atoms with E-state index < -0.39 is 0 Å². The Kier molecular flexibility index (Phi) is 7.80. The highest BCUT2D eigenvalue weighted by atomic mass is 16.2. The molecule has 1 N–H and O–H groups in total. The van der Waals surface area contributed by atoms with Crippen molar-refractivity contribution in [3.8, 4) is 0 Å². The van der Waals surface area contributed by atoms with Crippen LogP contribution in [0.3, 0.4) is 0 Å². The van der Waals surface area contributed by atoms with Crippen LogP contribution >= 0.6 is 0 Å². The lowest BCUT2D eigenvalue weighted by atomic mass is 10.1. The zero-order chi connectivity index (χ0) is 15.7. The molecule has 0 unspecified atom stereocenters. The van der Waals surface area contributed by atoms with E-state index in [-0.39, 0.29) is 5.91 Å². The molecule has 4 heteroatoms. The van der Waals surface area contributed by atoms with Crippen molar-refractivity contribution in [1.82, 2.24) is 9.88 Å². The highest BCUT2D eigenvalue weighted by molar-refractivity contribution is 5.94. The van der Waals surface area contributed by atoms with Gasteiger partial charge in [0, 0.05) is 31.4 Å². The van der Waals surface area contributed by atoms with Gasteiger partial charge in [0.25, 0.3) is 5.91 Å². The summed E-state index contributed by atoms with van der Waals surface area (Å²) in [6, 6.07) is 3.81. The van der Waals surface area contributed by atoms with E-state index in [0.717, 1.165) is 62.3 Å². The number of nitrogens with one attached hydrogen (secondary N) is 1. The average Bonchev–Trinajstić information content (AvgIpc) is 2.49. The van der Waals surface area contributed by atoms with E-state index in [2.05, 4.69) is 31.1 Å². The SMILES string of the molecule is CCCCN(C)C(=O)c1cc(CCC)nc(NCCC)c1. The summed E-state index contributed by atoms with van der Waals surface area (Å²) in [5, 5.41) is 3.29. The Hall–Kier alpha value is -1.58. The standard InChI is InChI=1S/C17H29N3O/c1-5-8-11-20(4)17(21)14-12-15(9-6-2)19-16(13-14)18-10-7-3/h12-13H,5-11H2,1-4H3,(H,18,19). The zero-order valence-corrected chi connectivity index (χ0v) is 13.9. The van der Waals surface area contributed by atoms with E-state index in [4.69, 9.17) is 0 Å². The average molecular weight is 291 g/mol. The number of rotatable bonds is 9. The van der Waals surface area contributed by atoms with Gasteiger partial charge >= 0.3 is 0 Å². The Morgan fingerprint density at radius 1 is 1.19 bits per heavy atom. The van der Waals surface area contributed by atoms with Crippen LogP contribution in [0, 0.1) is 0 Å². The number of nitrogens with zero attached hydrogens (tertiary/aromatic N) is 2. The normalized spacial score (nSPS) is 10.5. The van der Waals surface area contributed by atoms with Crippen LogP contribution in [-0.4, -0.2) is 35.9 Å². The van der Waals surface area contributed by atoms with Gasteiger partial charge in [0.15, 0.2) is 0 Å². The maximum absolute atomic E-state index is 12.5. The highest BCUT2D eigenvalue weighted by Gasteiger charge is 2.13. The molecule has 0 radical (unpaired) electrons. The number of aromatic nitrogens is 1. The van der Waals surface area contributed by atoms with Crippen LogP contribution in [0.15, 0.2) is 12.1 Å². The molecule has 0 saturated heterocycles. The molecule has 1 amide bonds. The van der Waals surface area contributed by atoms with Gasteiger partial charge in [0.1, 0.15) is 5.82 Å². The predicted octanol–water partition coefficient (Wildman–Crippen LogP) is 3.73. The fraction of sp³-hybridized carbons (Fsp3) is 0.647. The first-order valence-corrected chi connectivity index (χ1v) is 8.12. The minimum absolute atomic E-state index is 0.0859. The number of amides is 1. The summed E-state index contributed by atoms with van der Waals surface area (Å²) in [5.41, 5.74) is 1.73. The Labute approximate surface area is 129 Å². The molecule has 0 aliphatic carbocycles. The number of hydrogen-bond acceptors (Lipinski definition) is 3. The van der Waals surface area contributed by atoms with Gasteiger partial charge in [0.2, 0.25) is 0 Å². The highest BCUT2D eigenvalue weighted by Crippen LogP contribution is 2.14. The van der Waals surface area contributed by atoms with Crippen molar-refractivity contribution in [2.24, 2.45) is 0 Å². The van der Waals surface area contributed by atoms with Crippen molar-refractivity contribution in [1.29, 1.82) is 0 Å². The Morgan fingerprint density at radius 2 is 1.95 bits per heavy atom. The molecule has 1 aromatic heterocycles. The number of pyridine rings is 1. The van der Waals surface area contributed by atoms with Crippen LogP contribution in [0.1, 0.15) is 62.5 Å². The van der Waals surface area contributed by atoms with E-state index in [1.807, 2.05) is 19.2 Å². The zero-order valence-electron chi connectivity index (χ0n) is 13.9. The smallest absolute Gasteiger partial charge is 0.253 e. The van der Waals surface area contributed by atoms with E-state index in [1.165, 1.54) is 0 Å². The third kappa shape index (κ3) is 5.74. The fourth-order valence-electron chi connectivity index (χ4n) is 2.16. The molecule has 0 bridgehead atoms. The van der Waals surface area contributed by atoms with Gasteiger partial charge in [-0.15, -0.1) is 0 Å². The van der Waals surface area contributed by atoms with Gasteiger partial charge in [0.05, 0.1) is 0 Å². The van der Waals surface area contributed by atoms with E-state index in [0.29, 0.717) is 0 Å². The van der Waals surface area contributed by atoms with Crippen LogP contribution in [0.4, 0.5) is 5.82 Å². The number of unbranched alkanes of at least 4 members (excludes halogenated alkanes) is 1. The lowest BCUT2D eigenvalue weighted by Crippen LogP contribution is -2.28. The number of aryl methyl sites for hydroxylation is 1. The summed E-state index contributed by atoms with van der Waals surface area (Å²) in [6.45, 7) is 8.06. The van der Waals surface area contributed by atoms with E-state index in [9.17, 15) is 4.79 Å². The summed E-state index contributed by atoms with van der Waals surface area (Å²) in [5.74, 6) is 0.901. The van der Waals surface area contributed by atoms with Crippen molar-refractivity contribution in [2.45, 2.75) is 52.9 Å². The maximum atomic E-state index is 12.5. The third-order valence-electron chi connectivity index (χ3n) is 3.38. The first-order chi connectivity index (χ1) is 10.1. The quantitative estimate of drug-likeness (QED) is 0.754. The van der Waals surface area contributed by atoms with Gasteiger partial charge in [-0.25, -0.2) is 4.98 Å². The Bertz CT molecular complexity index is 446. The first-order valence-electron chi connectivity index (χ1n) is 8.12. The molecule has 1 heterocycles. The molecule has 118 valence electrons. The van der Waals surface area contributed by atoms with Gasteiger partial charge in [-0.05, 0) is 31.4 Å². The molecule has 0 aliphatic rings. The van der Waals surface area contributed by atoms with E-state index >= 15 is 0 Å². The minimum Gasteiger partial charge on any atom is -0.370 e. The second kappa shape index (κ2) is 9.37. The third-order valence-corrected chi connectivity index (χ3v) is 3.38. The van der Waals surface area contributed by atoms with Crippen LogP contribution < -0.4 is 5.32 Å². The molecule has 0 saturated carbocycles. The summed E-state index contributed by atoms with van der Waals surface area (Å²) in [6.07, 6.45) is 5.11. The number of hydrogen-bond donors (Lipinski definition) is 1. The van der Waals surface area contributed by atoms with Crippen molar-refractivity contribution < 1.29 is 4.79 Å². The molecular formula is C17H29N3O. The summed E-state index contributed by atoms with van der Waals surface area (Å²) in [7, 11) is 1.87. The molecule has 21 heavy (non-hydrogen) atoms. The van der Waals surface area contributed by atoms with Crippen LogP contribution in [-0.2, 0) is 6.42 Å². The molecule has 1 rings (SSSR count). The predicted molar refractivity (Wildman–Crippen MR) is 88.9 cm³/mol. The van der Waals surface area contributed by atoms with Crippen molar-refractivity contribution in [3.63, 3.8) is 0 Å². The van der Waals surface area contributed by atoms with Crippen LogP contribution in [0.5, 0.6) is 0 Å².